The van der Waals surface area contributed by atoms with Gasteiger partial charge in [0.15, 0.2) is 0 Å². The molecule has 15 heteroatoms. The van der Waals surface area contributed by atoms with E-state index in [1.54, 1.807) is 58.3 Å². The van der Waals surface area contributed by atoms with Crippen LogP contribution in [0.15, 0.2) is 89.3 Å². The topological polar surface area (TPSA) is 164 Å². The number of benzene rings is 2. The molecule has 53 heavy (non-hydrogen) atoms. The summed E-state index contributed by atoms with van der Waals surface area (Å²) in [5.41, 5.74) is 2.39. The van der Waals surface area contributed by atoms with Crippen LogP contribution in [0.2, 0.25) is 0 Å². The number of carbonyl (C=O) groups is 4. The number of pyridine rings is 2. The third kappa shape index (κ3) is 8.24. The lowest BCUT2D eigenvalue weighted by Crippen LogP contribution is -2.38. The molecular weight excluding hydrogens is 686 g/mol. The van der Waals surface area contributed by atoms with Crippen LogP contribution in [0.25, 0.3) is 22.9 Å². The molecule has 2 fully saturated rings. The number of anilines is 2. The van der Waals surface area contributed by atoms with E-state index in [9.17, 15) is 28.0 Å². The molecule has 4 amide bonds. The minimum atomic E-state index is -0.731. The molecule has 2 aliphatic heterocycles. The van der Waals surface area contributed by atoms with Gasteiger partial charge in [0, 0.05) is 60.5 Å². The molecule has 2 aromatic carbocycles. The Kier molecular flexibility index (Phi) is 10.2. The summed E-state index contributed by atoms with van der Waals surface area (Å²) in [6, 6.07) is 21.3. The van der Waals surface area contributed by atoms with Gasteiger partial charge in [0.2, 0.25) is 35.5 Å². The number of rotatable bonds is 10. The SMILES string of the molecule is O=C(C[C@H]1CCCN1C(=O)c1cccc(F)n1)Nc1ccc(-c2nnc(-c3ccc(NC(=O)C[C@H]4CCCN4C(=O)c4cccc(F)n4)cc3)o2)cc1. The van der Waals surface area contributed by atoms with E-state index in [4.69, 9.17) is 4.42 Å². The number of amides is 4. The van der Waals surface area contributed by atoms with Crippen molar-refractivity contribution in [3.8, 4) is 22.9 Å². The van der Waals surface area contributed by atoms with Crippen LogP contribution >= 0.6 is 0 Å². The van der Waals surface area contributed by atoms with Crippen LogP contribution in [0.1, 0.15) is 59.5 Å². The van der Waals surface area contributed by atoms with E-state index in [1.807, 2.05) is 0 Å². The summed E-state index contributed by atoms with van der Waals surface area (Å²) < 4.78 is 33.0. The summed E-state index contributed by atoms with van der Waals surface area (Å²) in [5.74, 6) is -2.24. The largest absolute Gasteiger partial charge is 0.416 e. The van der Waals surface area contributed by atoms with Gasteiger partial charge < -0.3 is 24.9 Å². The number of hydrogen-bond donors (Lipinski definition) is 2. The second-order valence-corrected chi connectivity index (χ2v) is 12.9. The van der Waals surface area contributed by atoms with E-state index in [0.717, 1.165) is 12.8 Å². The Balaban J connectivity index is 0.905. The lowest BCUT2D eigenvalue weighted by Gasteiger charge is -2.24. The molecule has 2 aliphatic rings. The summed E-state index contributed by atoms with van der Waals surface area (Å²) in [4.78, 5) is 62.1. The first-order chi connectivity index (χ1) is 25.7. The number of halogens is 2. The quantitative estimate of drug-likeness (QED) is 0.171. The van der Waals surface area contributed by atoms with Gasteiger partial charge in [0.25, 0.3) is 11.8 Å². The van der Waals surface area contributed by atoms with E-state index < -0.39 is 23.7 Å². The average Bonchev–Trinajstić information content (AvgIpc) is 3.94. The second-order valence-electron chi connectivity index (χ2n) is 12.9. The minimum absolute atomic E-state index is 0.0137. The lowest BCUT2D eigenvalue weighted by atomic mass is 10.1. The highest BCUT2D eigenvalue weighted by Crippen LogP contribution is 2.28. The van der Waals surface area contributed by atoms with Crippen molar-refractivity contribution in [2.75, 3.05) is 23.7 Å². The Bertz CT molecular complexity index is 1990. The number of nitrogens with one attached hydrogen (secondary N) is 2. The molecule has 5 heterocycles. The normalized spacial score (nSPS) is 16.8. The van der Waals surface area contributed by atoms with Crippen molar-refractivity contribution in [1.82, 2.24) is 30.0 Å². The highest BCUT2D eigenvalue weighted by molar-refractivity contribution is 5.96. The Morgan fingerprint density at radius 3 is 1.43 bits per heavy atom. The molecule has 0 spiro atoms. The average molecular weight is 721 g/mol. The predicted octanol–water partition coefficient (Wildman–Crippen LogP) is 5.74. The Morgan fingerprint density at radius 2 is 1.04 bits per heavy atom. The summed E-state index contributed by atoms with van der Waals surface area (Å²) in [5, 5.41) is 14.0. The lowest BCUT2D eigenvalue weighted by molar-refractivity contribution is -0.117. The zero-order chi connectivity index (χ0) is 36.9. The van der Waals surface area contributed by atoms with Crippen LogP contribution in [-0.4, -0.2) is 78.8 Å². The van der Waals surface area contributed by atoms with Crippen LogP contribution in [0, 0.1) is 11.9 Å². The first kappa shape index (κ1) is 35.0. The van der Waals surface area contributed by atoms with E-state index in [1.165, 1.54) is 36.4 Å². The number of hydrogen-bond acceptors (Lipinski definition) is 9. The van der Waals surface area contributed by atoms with Gasteiger partial charge in [-0.15, -0.1) is 10.2 Å². The van der Waals surface area contributed by atoms with Crippen molar-refractivity contribution >= 4 is 35.0 Å². The van der Waals surface area contributed by atoms with Crippen LogP contribution in [0.5, 0.6) is 0 Å². The van der Waals surface area contributed by atoms with Crippen molar-refractivity contribution in [2.45, 2.75) is 50.6 Å². The fraction of sp³-hybridized carbons (Fsp3) is 0.263. The number of likely N-dealkylation sites (tertiary alicyclic amines) is 2. The van der Waals surface area contributed by atoms with Gasteiger partial charge in [-0.25, -0.2) is 9.97 Å². The maximum absolute atomic E-state index is 13.6. The highest BCUT2D eigenvalue weighted by atomic mass is 19.1. The number of aromatic nitrogens is 4. The van der Waals surface area contributed by atoms with Crippen molar-refractivity contribution < 1.29 is 32.4 Å². The maximum atomic E-state index is 13.6. The highest BCUT2D eigenvalue weighted by Gasteiger charge is 2.33. The van der Waals surface area contributed by atoms with Crippen LogP contribution < -0.4 is 10.6 Å². The third-order valence-electron chi connectivity index (χ3n) is 9.24. The monoisotopic (exact) mass is 720 g/mol. The Hall–Kier alpha value is -6.38. The Labute approximate surface area is 302 Å². The molecule has 0 aliphatic carbocycles. The minimum Gasteiger partial charge on any atom is -0.416 e. The number of carbonyl (C=O) groups excluding carboxylic acids is 4. The van der Waals surface area contributed by atoms with Gasteiger partial charge in [0.1, 0.15) is 11.4 Å². The van der Waals surface area contributed by atoms with Crippen LogP contribution in [0.3, 0.4) is 0 Å². The molecule has 5 aromatic rings. The first-order valence-electron chi connectivity index (χ1n) is 17.2. The molecule has 2 saturated heterocycles. The molecule has 270 valence electrons. The van der Waals surface area contributed by atoms with Crippen LogP contribution in [0.4, 0.5) is 20.2 Å². The predicted molar refractivity (Wildman–Crippen MR) is 188 cm³/mol. The second kappa shape index (κ2) is 15.5. The molecule has 2 N–H and O–H groups in total. The van der Waals surface area contributed by atoms with Gasteiger partial charge >= 0.3 is 0 Å². The fourth-order valence-electron chi connectivity index (χ4n) is 6.68. The smallest absolute Gasteiger partial charge is 0.272 e. The van der Waals surface area contributed by atoms with E-state index >= 15 is 0 Å². The van der Waals surface area contributed by atoms with E-state index in [-0.39, 0.29) is 59.9 Å². The fourth-order valence-corrected chi connectivity index (χ4v) is 6.68. The summed E-state index contributed by atoms with van der Waals surface area (Å²) >= 11 is 0. The maximum Gasteiger partial charge on any atom is 0.272 e. The summed E-state index contributed by atoms with van der Waals surface area (Å²) in [7, 11) is 0. The van der Waals surface area contributed by atoms with E-state index in [0.29, 0.717) is 48.4 Å². The molecule has 3 aromatic heterocycles. The standard InChI is InChI=1S/C38H34F2N8O5/c39-31-9-1-7-29(43-31)37(51)47-19-3-5-27(47)21-33(49)41-25-15-11-23(12-16-25)35-45-46-36(53-35)24-13-17-26(18-14-24)42-34(50)22-28-6-4-20-48(28)38(52)30-8-2-10-32(40)44-30/h1-2,7-18,27-28H,3-6,19-22H2,(H,41,49)(H,42,50)/t27-,28-/m1/s1. The molecule has 0 bridgehead atoms. The zero-order valence-corrected chi connectivity index (χ0v) is 28.4. The van der Waals surface area contributed by atoms with Crippen molar-refractivity contribution in [3.63, 3.8) is 0 Å². The van der Waals surface area contributed by atoms with Crippen LogP contribution in [-0.2, 0) is 9.59 Å². The third-order valence-corrected chi connectivity index (χ3v) is 9.24. The zero-order valence-electron chi connectivity index (χ0n) is 28.4. The van der Waals surface area contributed by atoms with Gasteiger partial charge in [-0.2, -0.15) is 8.78 Å². The van der Waals surface area contributed by atoms with E-state index in [2.05, 4.69) is 30.8 Å². The van der Waals surface area contributed by atoms with Gasteiger partial charge in [-0.05, 0) is 98.5 Å². The molecular formula is C38H34F2N8O5. The molecule has 13 nitrogen and oxygen atoms in total. The van der Waals surface area contributed by atoms with Crippen molar-refractivity contribution in [3.05, 3.63) is 108 Å². The molecule has 0 unspecified atom stereocenters. The summed E-state index contributed by atoms with van der Waals surface area (Å²) in [6.07, 6.45) is 2.98. The summed E-state index contributed by atoms with van der Waals surface area (Å²) in [6.45, 7) is 0.944. The van der Waals surface area contributed by atoms with Gasteiger partial charge in [-0.1, -0.05) is 12.1 Å². The molecule has 7 rings (SSSR count). The van der Waals surface area contributed by atoms with Gasteiger partial charge in [-0.3, -0.25) is 19.2 Å². The van der Waals surface area contributed by atoms with Crippen molar-refractivity contribution in [1.29, 1.82) is 0 Å². The Morgan fingerprint density at radius 1 is 0.623 bits per heavy atom. The first-order valence-corrected chi connectivity index (χ1v) is 17.2. The molecule has 2 atom stereocenters. The van der Waals surface area contributed by atoms with Crippen molar-refractivity contribution in [2.24, 2.45) is 0 Å². The molecule has 0 radical (unpaired) electrons. The number of nitrogens with zero attached hydrogens (tertiary/aromatic N) is 6. The van der Waals surface area contributed by atoms with Gasteiger partial charge in [0.05, 0.1) is 0 Å². The molecule has 0 saturated carbocycles.